The summed E-state index contributed by atoms with van der Waals surface area (Å²) in [7, 11) is 0. The highest BCUT2D eigenvalue weighted by molar-refractivity contribution is 6.31. The van der Waals surface area contributed by atoms with Gasteiger partial charge in [-0.1, -0.05) is 42.1 Å². The van der Waals surface area contributed by atoms with Crippen molar-refractivity contribution in [2.24, 2.45) is 0 Å². The van der Waals surface area contributed by atoms with Gasteiger partial charge in [-0.3, -0.25) is 4.79 Å². The van der Waals surface area contributed by atoms with Gasteiger partial charge < -0.3 is 9.84 Å². The first-order valence-electron chi connectivity index (χ1n) is 8.05. The molecule has 1 N–H and O–H groups in total. The molecule has 0 aliphatic heterocycles. The summed E-state index contributed by atoms with van der Waals surface area (Å²) in [5.41, 5.74) is -0.447. The van der Waals surface area contributed by atoms with E-state index >= 15 is 0 Å². The highest BCUT2D eigenvalue weighted by Gasteiger charge is 2.39. The van der Waals surface area contributed by atoms with E-state index in [4.69, 9.17) is 16.1 Å². The maximum absolute atomic E-state index is 13.9. The van der Waals surface area contributed by atoms with E-state index in [1.54, 1.807) is 13.0 Å². The molecule has 24 heavy (non-hydrogen) atoms. The van der Waals surface area contributed by atoms with Crippen LogP contribution in [0, 0.1) is 12.7 Å². The van der Waals surface area contributed by atoms with Crippen molar-refractivity contribution < 1.29 is 13.7 Å². The zero-order chi connectivity index (χ0) is 17.2. The first-order valence-corrected chi connectivity index (χ1v) is 8.43. The number of nitrogens with one attached hydrogen (secondary N) is 1. The van der Waals surface area contributed by atoms with Crippen molar-refractivity contribution in [1.29, 1.82) is 0 Å². The van der Waals surface area contributed by atoms with E-state index in [9.17, 15) is 9.18 Å². The zero-order valence-electron chi connectivity index (χ0n) is 13.4. The Hall–Kier alpha value is -1.95. The average molecular weight is 352 g/mol. The third-order valence-corrected chi connectivity index (χ3v) is 4.79. The van der Waals surface area contributed by atoms with Gasteiger partial charge in [-0.2, -0.15) is 4.98 Å². The number of benzene rings is 1. The van der Waals surface area contributed by atoms with Crippen LogP contribution in [0.1, 0.15) is 49.4 Å². The van der Waals surface area contributed by atoms with Crippen LogP contribution < -0.4 is 5.32 Å². The molecule has 1 saturated carbocycles. The van der Waals surface area contributed by atoms with Crippen molar-refractivity contribution in [1.82, 2.24) is 15.5 Å². The number of hydrogen-bond acceptors (Lipinski definition) is 4. The minimum Gasteiger partial charge on any atom is -0.343 e. The lowest BCUT2D eigenvalue weighted by molar-refractivity contribution is -0.123. The van der Waals surface area contributed by atoms with Gasteiger partial charge in [0.1, 0.15) is 11.4 Å². The Morgan fingerprint density at radius 3 is 2.75 bits per heavy atom. The van der Waals surface area contributed by atoms with Crippen LogP contribution in [0.25, 0.3) is 0 Å². The number of halogens is 2. The summed E-state index contributed by atoms with van der Waals surface area (Å²) in [6, 6.07) is 4.39. The van der Waals surface area contributed by atoms with Crippen LogP contribution in [0.15, 0.2) is 22.7 Å². The fourth-order valence-corrected chi connectivity index (χ4v) is 3.46. The van der Waals surface area contributed by atoms with Crippen molar-refractivity contribution in [3.63, 3.8) is 0 Å². The maximum atomic E-state index is 13.9. The molecule has 3 rings (SSSR count). The van der Waals surface area contributed by atoms with Gasteiger partial charge in [-0.25, -0.2) is 4.39 Å². The molecule has 7 heteroatoms. The van der Waals surface area contributed by atoms with Crippen molar-refractivity contribution in [2.45, 2.75) is 51.0 Å². The first kappa shape index (κ1) is 16.9. The lowest BCUT2D eigenvalue weighted by Crippen LogP contribution is -2.48. The van der Waals surface area contributed by atoms with E-state index in [0.29, 0.717) is 11.7 Å². The van der Waals surface area contributed by atoms with E-state index in [1.807, 2.05) is 0 Å². The van der Waals surface area contributed by atoms with Gasteiger partial charge in [0.15, 0.2) is 5.82 Å². The van der Waals surface area contributed by atoms with E-state index in [1.165, 1.54) is 12.1 Å². The summed E-state index contributed by atoms with van der Waals surface area (Å²) in [4.78, 5) is 16.9. The number of nitrogens with zero attached hydrogens (tertiary/aromatic N) is 2. The van der Waals surface area contributed by atoms with E-state index in [0.717, 1.165) is 32.1 Å². The lowest BCUT2D eigenvalue weighted by Gasteiger charge is -2.35. The fraction of sp³-hybridized carbons (Fsp3) is 0.471. The molecule has 5 nitrogen and oxygen atoms in total. The fourth-order valence-electron chi connectivity index (χ4n) is 3.23. The Balaban J connectivity index is 1.81. The molecule has 1 aromatic heterocycles. The number of aryl methyl sites for hydroxylation is 1. The van der Waals surface area contributed by atoms with Gasteiger partial charge in [0, 0.05) is 17.5 Å². The minimum atomic E-state index is -0.648. The largest absolute Gasteiger partial charge is 0.343 e. The van der Waals surface area contributed by atoms with Crippen LogP contribution >= 0.6 is 11.6 Å². The van der Waals surface area contributed by atoms with Gasteiger partial charge in [0.05, 0.1) is 6.42 Å². The second kappa shape index (κ2) is 6.89. The van der Waals surface area contributed by atoms with Crippen molar-refractivity contribution in [2.75, 3.05) is 0 Å². The number of rotatable bonds is 4. The molecule has 0 radical (unpaired) electrons. The molecular weight excluding hydrogens is 333 g/mol. The Labute approximate surface area is 144 Å². The Bertz CT molecular complexity index is 721. The maximum Gasteiger partial charge on any atom is 0.225 e. The number of carbonyl (C=O) groups is 1. The first-order chi connectivity index (χ1) is 11.5. The monoisotopic (exact) mass is 351 g/mol. The second-order valence-corrected chi connectivity index (χ2v) is 6.61. The van der Waals surface area contributed by atoms with Crippen molar-refractivity contribution in [3.05, 3.63) is 46.3 Å². The van der Waals surface area contributed by atoms with Crippen LogP contribution in [0.2, 0.25) is 5.02 Å². The van der Waals surface area contributed by atoms with E-state index in [-0.39, 0.29) is 22.9 Å². The smallest absolute Gasteiger partial charge is 0.225 e. The summed E-state index contributed by atoms with van der Waals surface area (Å²) in [5.74, 6) is 0.172. The molecule has 2 aromatic rings. The van der Waals surface area contributed by atoms with Crippen molar-refractivity contribution in [3.8, 4) is 0 Å². The summed E-state index contributed by atoms with van der Waals surface area (Å²) in [5, 5.41) is 7.27. The molecule has 1 fully saturated rings. The number of amides is 1. The number of hydrogen-bond donors (Lipinski definition) is 1. The third-order valence-electron chi connectivity index (χ3n) is 4.44. The van der Waals surface area contributed by atoms with E-state index < -0.39 is 11.4 Å². The minimum absolute atomic E-state index is 0.121. The topological polar surface area (TPSA) is 68.0 Å². The summed E-state index contributed by atoms with van der Waals surface area (Å²) < 4.78 is 19.0. The summed E-state index contributed by atoms with van der Waals surface area (Å²) in [6.45, 7) is 1.72. The van der Waals surface area contributed by atoms with Crippen LogP contribution in [0.4, 0.5) is 4.39 Å². The van der Waals surface area contributed by atoms with Gasteiger partial charge in [-0.05, 0) is 25.0 Å². The quantitative estimate of drug-likeness (QED) is 0.912. The van der Waals surface area contributed by atoms with Crippen molar-refractivity contribution >= 4 is 17.5 Å². The Morgan fingerprint density at radius 1 is 1.38 bits per heavy atom. The van der Waals surface area contributed by atoms with Crippen LogP contribution in [0.5, 0.6) is 0 Å². The molecule has 1 aliphatic rings. The van der Waals surface area contributed by atoms with Gasteiger partial charge in [0.2, 0.25) is 11.8 Å². The predicted octanol–water partition coefficient (Wildman–Crippen LogP) is 3.69. The van der Waals surface area contributed by atoms with E-state index in [2.05, 4.69) is 15.5 Å². The van der Waals surface area contributed by atoms with Gasteiger partial charge in [0.25, 0.3) is 0 Å². The van der Waals surface area contributed by atoms with Crippen LogP contribution in [0.3, 0.4) is 0 Å². The Kier molecular flexibility index (Phi) is 4.85. The molecule has 1 amide bonds. The zero-order valence-corrected chi connectivity index (χ0v) is 14.2. The summed E-state index contributed by atoms with van der Waals surface area (Å²) >= 11 is 6.01. The lowest BCUT2D eigenvalue weighted by atomic mass is 9.80. The number of aromatic nitrogens is 2. The predicted molar refractivity (Wildman–Crippen MR) is 87.1 cm³/mol. The Morgan fingerprint density at radius 2 is 2.12 bits per heavy atom. The van der Waals surface area contributed by atoms with Crippen LogP contribution in [-0.2, 0) is 16.8 Å². The number of carbonyl (C=O) groups excluding carboxylic acids is 1. The molecule has 0 unspecified atom stereocenters. The molecule has 0 atom stereocenters. The molecular formula is C17H19ClFN3O2. The van der Waals surface area contributed by atoms with Gasteiger partial charge in [-0.15, -0.1) is 0 Å². The molecule has 0 bridgehead atoms. The SMILES string of the molecule is Cc1nc(C2(NC(=O)Cc3c(F)cccc3Cl)CCCCC2)no1. The van der Waals surface area contributed by atoms with Crippen LogP contribution in [-0.4, -0.2) is 16.0 Å². The molecule has 128 valence electrons. The molecule has 0 saturated heterocycles. The molecule has 1 aromatic carbocycles. The van der Waals surface area contributed by atoms with Gasteiger partial charge >= 0.3 is 0 Å². The third kappa shape index (κ3) is 3.43. The summed E-state index contributed by atoms with van der Waals surface area (Å²) in [6.07, 6.45) is 4.39. The highest BCUT2D eigenvalue weighted by atomic mass is 35.5. The average Bonchev–Trinajstić information content (AvgIpc) is 2.99. The molecule has 1 aliphatic carbocycles. The second-order valence-electron chi connectivity index (χ2n) is 6.20. The molecule has 0 spiro atoms. The highest BCUT2D eigenvalue weighted by Crippen LogP contribution is 2.36. The normalized spacial score (nSPS) is 16.8. The standard InChI is InChI=1S/C17H19ClFN3O2/c1-11-20-16(22-24-11)17(8-3-2-4-9-17)21-15(23)10-12-13(18)6-5-7-14(12)19/h5-7H,2-4,8-10H2,1H3,(H,21,23). The molecule has 1 heterocycles.